The van der Waals surface area contributed by atoms with Crippen LogP contribution >= 0.6 is 23.2 Å². The topological polar surface area (TPSA) is 59.1 Å². The molecule has 0 bridgehead atoms. The van der Waals surface area contributed by atoms with Crippen LogP contribution in [0.4, 0.5) is 5.82 Å². The molecule has 5 heteroatoms. The van der Waals surface area contributed by atoms with E-state index in [1.807, 2.05) is 12.1 Å². The smallest absolute Gasteiger partial charge is 0.126 e. The van der Waals surface area contributed by atoms with E-state index in [1.165, 1.54) is 0 Å². The lowest BCUT2D eigenvalue weighted by Crippen LogP contribution is -2.15. The Morgan fingerprint density at radius 2 is 1.89 bits per heavy atom. The summed E-state index contributed by atoms with van der Waals surface area (Å²) in [6.45, 7) is 0. The van der Waals surface area contributed by atoms with Crippen molar-refractivity contribution < 1.29 is 5.11 Å². The number of aromatic nitrogens is 1. The summed E-state index contributed by atoms with van der Waals surface area (Å²) in [7, 11) is 0. The standard InChI is InChI=1S/C14H14Cl2N2O/c15-11-4-3-9(13(16)8-11)6-12(19)7-10-2-1-5-18-14(10)17/h1-5,8,12,19H,6-7H2,(H2,17,18). The van der Waals surface area contributed by atoms with Crippen LogP contribution in [0, 0.1) is 0 Å². The minimum absolute atomic E-state index is 0.443. The average molecular weight is 297 g/mol. The van der Waals surface area contributed by atoms with Gasteiger partial charge < -0.3 is 10.8 Å². The van der Waals surface area contributed by atoms with E-state index in [4.69, 9.17) is 28.9 Å². The number of nitrogens with two attached hydrogens (primary N) is 1. The first-order chi connectivity index (χ1) is 9.06. The highest BCUT2D eigenvalue weighted by atomic mass is 35.5. The predicted octanol–water partition coefficient (Wildman–Crippen LogP) is 3.12. The fourth-order valence-corrected chi connectivity index (χ4v) is 2.38. The first-order valence-corrected chi connectivity index (χ1v) is 6.63. The Kier molecular flexibility index (Phi) is 4.64. The molecule has 0 saturated heterocycles. The van der Waals surface area contributed by atoms with Crippen molar-refractivity contribution in [2.45, 2.75) is 18.9 Å². The van der Waals surface area contributed by atoms with E-state index in [0.29, 0.717) is 28.7 Å². The number of hydrogen-bond donors (Lipinski definition) is 2. The molecular weight excluding hydrogens is 283 g/mol. The van der Waals surface area contributed by atoms with E-state index in [-0.39, 0.29) is 0 Å². The van der Waals surface area contributed by atoms with Gasteiger partial charge in [0.05, 0.1) is 6.10 Å². The van der Waals surface area contributed by atoms with E-state index >= 15 is 0 Å². The zero-order valence-electron chi connectivity index (χ0n) is 10.2. The first kappa shape index (κ1) is 14.1. The molecule has 0 aliphatic rings. The monoisotopic (exact) mass is 296 g/mol. The third-order valence-electron chi connectivity index (χ3n) is 2.85. The zero-order chi connectivity index (χ0) is 13.8. The fourth-order valence-electron chi connectivity index (χ4n) is 1.89. The van der Waals surface area contributed by atoms with Crippen LogP contribution in [-0.4, -0.2) is 16.2 Å². The van der Waals surface area contributed by atoms with Crippen LogP contribution in [0.15, 0.2) is 36.5 Å². The summed E-state index contributed by atoms with van der Waals surface area (Å²) in [6, 6.07) is 8.90. The number of anilines is 1. The Balaban J connectivity index is 2.05. The molecule has 1 unspecified atom stereocenters. The molecule has 0 aliphatic heterocycles. The number of benzene rings is 1. The molecule has 100 valence electrons. The molecule has 1 atom stereocenters. The van der Waals surface area contributed by atoms with Crippen molar-refractivity contribution in [3.8, 4) is 0 Å². The lowest BCUT2D eigenvalue weighted by Gasteiger charge is -2.13. The summed E-state index contributed by atoms with van der Waals surface area (Å²) in [6.07, 6.45) is 1.95. The maximum absolute atomic E-state index is 10.1. The SMILES string of the molecule is Nc1ncccc1CC(O)Cc1ccc(Cl)cc1Cl. The lowest BCUT2D eigenvalue weighted by atomic mass is 10.0. The molecule has 0 amide bonds. The normalized spacial score (nSPS) is 12.4. The van der Waals surface area contributed by atoms with Crippen LogP contribution in [0.1, 0.15) is 11.1 Å². The van der Waals surface area contributed by atoms with Gasteiger partial charge >= 0.3 is 0 Å². The highest BCUT2D eigenvalue weighted by Crippen LogP contribution is 2.23. The van der Waals surface area contributed by atoms with Crippen molar-refractivity contribution in [2.75, 3.05) is 5.73 Å². The van der Waals surface area contributed by atoms with Crippen molar-refractivity contribution in [2.24, 2.45) is 0 Å². The largest absolute Gasteiger partial charge is 0.392 e. The second-order valence-corrected chi connectivity index (χ2v) is 5.19. The molecular formula is C14H14Cl2N2O. The van der Waals surface area contributed by atoms with E-state index in [2.05, 4.69) is 4.98 Å². The molecule has 19 heavy (non-hydrogen) atoms. The number of aliphatic hydroxyl groups excluding tert-OH is 1. The zero-order valence-corrected chi connectivity index (χ0v) is 11.7. The summed E-state index contributed by atoms with van der Waals surface area (Å²) < 4.78 is 0. The molecule has 0 radical (unpaired) electrons. The van der Waals surface area contributed by atoms with Gasteiger partial charge in [-0.05, 0) is 29.3 Å². The van der Waals surface area contributed by atoms with Gasteiger partial charge in [-0.2, -0.15) is 0 Å². The summed E-state index contributed by atoms with van der Waals surface area (Å²) in [5, 5.41) is 11.2. The maximum Gasteiger partial charge on any atom is 0.126 e. The van der Waals surface area contributed by atoms with Crippen molar-refractivity contribution in [1.82, 2.24) is 4.98 Å². The summed E-state index contributed by atoms with van der Waals surface area (Å²) in [4.78, 5) is 3.99. The summed E-state index contributed by atoms with van der Waals surface area (Å²) in [5.74, 6) is 0.448. The molecule has 3 N–H and O–H groups in total. The molecule has 2 rings (SSSR count). The Morgan fingerprint density at radius 1 is 1.16 bits per heavy atom. The van der Waals surface area contributed by atoms with E-state index in [0.717, 1.165) is 11.1 Å². The second-order valence-electron chi connectivity index (χ2n) is 4.35. The van der Waals surface area contributed by atoms with Gasteiger partial charge in [-0.3, -0.25) is 0 Å². The molecule has 3 nitrogen and oxygen atoms in total. The highest BCUT2D eigenvalue weighted by Gasteiger charge is 2.11. The Bertz CT molecular complexity index is 575. The van der Waals surface area contributed by atoms with Crippen LogP contribution in [0.25, 0.3) is 0 Å². The molecule has 2 aromatic rings. The highest BCUT2D eigenvalue weighted by molar-refractivity contribution is 6.35. The van der Waals surface area contributed by atoms with Gasteiger partial charge in [0, 0.05) is 29.1 Å². The third kappa shape index (κ3) is 3.83. The van der Waals surface area contributed by atoms with Crippen molar-refractivity contribution in [3.63, 3.8) is 0 Å². The van der Waals surface area contributed by atoms with Crippen LogP contribution in [0.3, 0.4) is 0 Å². The number of aliphatic hydroxyl groups is 1. The molecule has 1 aromatic heterocycles. The fraction of sp³-hybridized carbons (Fsp3) is 0.214. The predicted molar refractivity (Wildman–Crippen MR) is 78.5 cm³/mol. The molecule has 0 aliphatic carbocycles. The maximum atomic E-state index is 10.1. The molecule has 0 spiro atoms. The Labute approximate surface area is 122 Å². The number of halogens is 2. The van der Waals surface area contributed by atoms with Crippen molar-refractivity contribution in [1.29, 1.82) is 0 Å². The number of nitrogen functional groups attached to an aromatic ring is 1. The van der Waals surface area contributed by atoms with Crippen molar-refractivity contribution >= 4 is 29.0 Å². The van der Waals surface area contributed by atoms with Gasteiger partial charge in [0.15, 0.2) is 0 Å². The van der Waals surface area contributed by atoms with E-state index in [9.17, 15) is 5.11 Å². The van der Waals surface area contributed by atoms with Gasteiger partial charge in [0.2, 0.25) is 0 Å². The molecule has 0 saturated carbocycles. The Morgan fingerprint density at radius 3 is 2.58 bits per heavy atom. The van der Waals surface area contributed by atoms with Gasteiger partial charge in [0.25, 0.3) is 0 Å². The number of rotatable bonds is 4. The van der Waals surface area contributed by atoms with Gasteiger partial charge in [0.1, 0.15) is 5.82 Å². The van der Waals surface area contributed by atoms with Gasteiger partial charge in [-0.25, -0.2) is 4.98 Å². The molecule has 0 fully saturated rings. The van der Waals surface area contributed by atoms with Crippen LogP contribution in [0.2, 0.25) is 10.0 Å². The summed E-state index contributed by atoms with van der Waals surface area (Å²) >= 11 is 11.9. The van der Waals surface area contributed by atoms with E-state index < -0.39 is 6.10 Å². The quantitative estimate of drug-likeness (QED) is 0.911. The first-order valence-electron chi connectivity index (χ1n) is 5.87. The average Bonchev–Trinajstić information content (AvgIpc) is 2.36. The molecule has 1 heterocycles. The third-order valence-corrected chi connectivity index (χ3v) is 3.44. The van der Waals surface area contributed by atoms with Crippen LogP contribution in [0.5, 0.6) is 0 Å². The van der Waals surface area contributed by atoms with Gasteiger partial charge in [-0.1, -0.05) is 35.3 Å². The number of nitrogens with zero attached hydrogens (tertiary/aromatic N) is 1. The second kappa shape index (κ2) is 6.24. The number of hydrogen-bond acceptors (Lipinski definition) is 3. The minimum Gasteiger partial charge on any atom is -0.392 e. The summed E-state index contributed by atoms with van der Waals surface area (Å²) in [5.41, 5.74) is 7.44. The van der Waals surface area contributed by atoms with Crippen LogP contribution in [-0.2, 0) is 12.8 Å². The lowest BCUT2D eigenvalue weighted by molar-refractivity contribution is 0.175. The van der Waals surface area contributed by atoms with E-state index in [1.54, 1.807) is 24.4 Å². The number of pyridine rings is 1. The van der Waals surface area contributed by atoms with Crippen molar-refractivity contribution in [3.05, 3.63) is 57.7 Å². The van der Waals surface area contributed by atoms with Crippen LogP contribution < -0.4 is 5.73 Å². The molecule has 1 aromatic carbocycles. The van der Waals surface area contributed by atoms with Gasteiger partial charge in [-0.15, -0.1) is 0 Å². The minimum atomic E-state index is -0.565. The Hall–Kier alpha value is -1.29.